The number of phenolic OH excluding ortho intramolecular Hbond substituents is 3. The zero-order chi connectivity index (χ0) is 26.5. The summed E-state index contributed by atoms with van der Waals surface area (Å²) in [7, 11) is 0. The Kier molecular flexibility index (Phi) is 10.4. The lowest BCUT2D eigenvalue weighted by Crippen LogP contribution is -2.38. The highest BCUT2D eigenvalue weighted by Crippen LogP contribution is 2.24. The Morgan fingerprint density at radius 3 is 1.35 bits per heavy atom. The first-order valence-corrected chi connectivity index (χ1v) is 12.4. The molecule has 1 unspecified atom stereocenters. The van der Waals surface area contributed by atoms with Crippen molar-refractivity contribution in [1.29, 1.82) is 0 Å². The predicted octanol–water partition coefficient (Wildman–Crippen LogP) is 5.26. The summed E-state index contributed by atoms with van der Waals surface area (Å²) in [6.07, 6.45) is 5.84. The van der Waals surface area contributed by atoms with Crippen molar-refractivity contribution in [2.75, 3.05) is 26.2 Å². The van der Waals surface area contributed by atoms with E-state index in [1.165, 1.54) is 0 Å². The van der Waals surface area contributed by atoms with Gasteiger partial charge in [-0.3, -0.25) is 15.0 Å². The summed E-state index contributed by atoms with van der Waals surface area (Å²) < 4.78 is 6.17. The Morgan fingerprint density at radius 2 is 1.03 bits per heavy atom. The van der Waals surface area contributed by atoms with Crippen molar-refractivity contribution in [3.8, 4) is 17.2 Å². The minimum atomic E-state index is -0.605. The molecule has 0 amide bonds. The molecule has 194 valence electrons. The minimum absolute atomic E-state index is 0.0471. The molecule has 0 bridgehead atoms. The van der Waals surface area contributed by atoms with Gasteiger partial charge >= 0.3 is 0 Å². The molecule has 0 fully saturated rings. The summed E-state index contributed by atoms with van der Waals surface area (Å²) in [4.78, 5) is 14.0. The van der Waals surface area contributed by atoms with E-state index in [0.29, 0.717) is 42.9 Å². The Hall–Kier alpha value is -3.97. The zero-order valence-electron chi connectivity index (χ0n) is 21.4. The quantitative estimate of drug-likeness (QED) is 0.278. The molecule has 3 rings (SSSR count). The van der Waals surface area contributed by atoms with Crippen molar-refractivity contribution in [3.05, 3.63) is 89.5 Å². The second kappa shape index (κ2) is 13.9. The molecular weight excluding hydrogens is 466 g/mol. The van der Waals surface area contributed by atoms with Crippen molar-refractivity contribution >= 4 is 18.6 Å². The molecule has 0 aromatic heterocycles. The SMILES string of the molecule is CCC(C)OCC(CN=Cc1ccccc1O)(CN=Cc1ccccc1O)CN=Cc1ccccc1O. The van der Waals surface area contributed by atoms with Crippen LogP contribution in [0.25, 0.3) is 0 Å². The number of phenols is 3. The summed E-state index contributed by atoms with van der Waals surface area (Å²) in [6.45, 7) is 5.47. The van der Waals surface area contributed by atoms with Crippen molar-refractivity contribution < 1.29 is 20.1 Å². The second-order valence-electron chi connectivity index (χ2n) is 9.12. The molecule has 0 spiro atoms. The van der Waals surface area contributed by atoms with E-state index in [0.717, 1.165) is 6.42 Å². The van der Waals surface area contributed by atoms with Gasteiger partial charge in [0.15, 0.2) is 0 Å². The van der Waals surface area contributed by atoms with E-state index in [-0.39, 0.29) is 23.4 Å². The molecule has 1 atom stereocenters. The van der Waals surface area contributed by atoms with Crippen LogP contribution in [0.5, 0.6) is 17.2 Å². The van der Waals surface area contributed by atoms with E-state index < -0.39 is 5.41 Å². The molecule has 3 N–H and O–H groups in total. The van der Waals surface area contributed by atoms with Crippen LogP contribution in [0.1, 0.15) is 37.0 Å². The smallest absolute Gasteiger partial charge is 0.124 e. The number of ether oxygens (including phenoxy) is 1. The average Bonchev–Trinajstić information content (AvgIpc) is 2.90. The highest BCUT2D eigenvalue weighted by Gasteiger charge is 2.31. The lowest BCUT2D eigenvalue weighted by molar-refractivity contribution is 0.00742. The summed E-state index contributed by atoms with van der Waals surface area (Å²) in [5.41, 5.74) is 1.26. The maximum atomic E-state index is 10.1. The number of aromatic hydroxyl groups is 3. The summed E-state index contributed by atoms with van der Waals surface area (Å²) in [5, 5.41) is 30.4. The zero-order valence-corrected chi connectivity index (χ0v) is 21.4. The van der Waals surface area contributed by atoms with Crippen LogP contribution in [0.4, 0.5) is 0 Å². The van der Waals surface area contributed by atoms with Gasteiger partial charge in [0, 0.05) is 35.3 Å². The first-order chi connectivity index (χ1) is 17.9. The Balaban J connectivity index is 1.90. The molecular formula is C30H35N3O4. The number of hydrogen-bond donors (Lipinski definition) is 3. The van der Waals surface area contributed by atoms with E-state index in [1.54, 1.807) is 73.2 Å². The third-order valence-corrected chi connectivity index (χ3v) is 6.03. The van der Waals surface area contributed by atoms with Gasteiger partial charge in [-0.05, 0) is 49.7 Å². The Labute approximate surface area is 218 Å². The van der Waals surface area contributed by atoms with Crippen LogP contribution in [0.3, 0.4) is 0 Å². The summed E-state index contributed by atoms with van der Waals surface area (Å²) >= 11 is 0. The van der Waals surface area contributed by atoms with Crippen LogP contribution in [-0.2, 0) is 4.74 Å². The van der Waals surface area contributed by atoms with Crippen molar-refractivity contribution in [2.24, 2.45) is 20.4 Å². The maximum absolute atomic E-state index is 10.1. The van der Waals surface area contributed by atoms with Gasteiger partial charge in [0.2, 0.25) is 0 Å². The van der Waals surface area contributed by atoms with Crippen LogP contribution in [-0.4, -0.2) is 66.3 Å². The van der Waals surface area contributed by atoms with Gasteiger partial charge in [-0.15, -0.1) is 0 Å². The molecule has 7 heteroatoms. The standard InChI is InChI=1S/C30H35N3O4/c1-3-23(2)37-22-30(19-31-16-24-10-4-7-13-27(24)34,20-32-17-25-11-5-8-14-28(25)35)21-33-18-26-12-6-9-15-29(26)36/h4-18,23,34-36H,3,19-22H2,1-2H3. The van der Waals surface area contributed by atoms with Gasteiger partial charge in [-0.2, -0.15) is 0 Å². The van der Waals surface area contributed by atoms with Crippen LogP contribution < -0.4 is 0 Å². The fraction of sp³-hybridized carbons (Fsp3) is 0.300. The number of rotatable bonds is 13. The van der Waals surface area contributed by atoms with Crippen molar-refractivity contribution in [2.45, 2.75) is 26.4 Å². The minimum Gasteiger partial charge on any atom is -0.507 e. The first kappa shape index (κ1) is 27.6. The van der Waals surface area contributed by atoms with Crippen molar-refractivity contribution in [3.63, 3.8) is 0 Å². The summed E-state index contributed by atoms with van der Waals surface area (Å²) in [5.74, 6) is 0.466. The monoisotopic (exact) mass is 501 g/mol. The average molecular weight is 502 g/mol. The lowest BCUT2D eigenvalue weighted by atomic mass is 9.88. The van der Waals surface area contributed by atoms with E-state index in [1.807, 2.05) is 25.1 Å². The number of hydrogen-bond acceptors (Lipinski definition) is 7. The Bertz CT molecular complexity index is 1080. The Morgan fingerprint density at radius 1 is 0.676 bits per heavy atom. The largest absolute Gasteiger partial charge is 0.507 e. The van der Waals surface area contributed by atoms with Crippen LogP contribution in [0, 0.1) is 5.41 Å². The van der Waals surface area contributed by atoms with E-state index in [2.05, 4.69) is 21.9 Å². The highest BCUT2D eigenvalue weighted by molar-refractivity contribution is 5.84. The fourth-order valence-corrected chi connectivity index (χ4v) is 3.53. The molecule has 0 aliphatic rings. The topological polar surface area (TPSA) is 107 Å². The van der Waals surface area contributed by atoms with Gasteiger partial charge in [0.1, 0.15) is 17.2 Å². The lowest BCUT2D eigenvalue weighted by Gasteiger charge is -2.30. The van der Waals surface area contributed by atoms with Gasteiger partial charge in [-0.25, -0.2) is 0 Å². The third-order valence-electron chi connectivity index (χ3n) is 6.03. The first-order valence-electron chi connectivity index (χ1n) is 12.4. The highest BCUT2D eigenvalue weighted by atomic mass is 16.5. The molecule has 3 aromatic carbocycles. The van der Waals surface area contributed by atoms with Gasteiger partial charge in [0.25, 0.3) is 0 Å². The molecule has 37 heavy (non-hydrogen) atoms. The van der Waals surface area contributed by atoms with Gasteiger partial charge < -0.3 is 20.1 Å². The number of aliphatic imine (C=N–C) groups is 3. The fourth-order valence-electron chi connectivity index (χ4n) is 3.53. The molecule has 0 aliphatic heterocycles. The number of nitrogens with zero attached hydrogens (tertiary/aromatic N) is 3. The molecule has 0 radical (unpaired) electrons. The number of para-hydroxylation sites is 3. The second-order valence-corrected chi connectivity index (χ2v) is 9.12. The molecule has 0 saturated heterocycles. The van der Waals surface area contributed by atoms with Gasteiger partial charge in [0.05, 0.1) is 37.8 Å². The van der Waals surface area contributed by atoms with Gasteiger partial charge in [-0.1, -0.05) is 43.3 Å². The third kappa shape index (κ3) is 8.58. The normalized spacial score (nSPS) is 14.4. The molecule has 0 saturated carbocycles. The van der Waals surface area contributed by atoms with E-state index in [4.69, 9.17) is 4.74 Å². The number of benzene rings is 3. The van der Waals surface area contributed by atoms with Crippen LogP contribution >= 0.6 is 0 Å². The summed E-state index contributed by atoms with van der Waals surface area (Å²) in [6, 6.07) is 21.0. The molecule has 0 aliphatic carbocycles. The van der Waals surface area contributed by atoms with Crippen LogP contribution in [0.2, 0.25) is 0 Å². The van der Waals surface area contributed by atoms with Crippen LogP contribution in [0.15, 0.2) is 87.8 Å². The molecule has 3 aromatic rings. The maximum Gasteiger partial charge on any atom is 0.124 e. The van der Waals surface area contributed by atoms with E-state index in [9.17, 15) is 15.3 Å². The van der Waals surface area contributed by atoms with E-state index >= 15 is 0 Å². The molecule has 0 heterocycles. The molecule has 7 nitrogen and oxygen atoms in total. The van der Waals surface area contributed by atoms with Crippen molar-refractivity contribution in [1.82, 2.24) is 0 Å². The predicted molar refractivity (Wildman–Crippen MR) is 150 cm³/mol.